The number of aromatic nitrogens is 3. The maximum atomic E-state index is 12.5. The van der Waals surface area contributed by atoms with Gasteiger partial charge in [0.25, 0.3) is 5.56 Å². The summed E-state index contributed by atoms with van der Waals surface area (Å²) in [6, 6.07) is 7.51. The van der Waals surface area contributed by atoms with Crippen molar-refractivity contribution < 1.29 is 4.74 Å². The number of benzene rings is 1. The van der Waals surface area contributed by atoms with E-state index in [1.165, 1.54) is 0 Å². The maximum absolute atomic E-state index is 12.5. The monoisotopic (exact) mass is 346 g/mol. The SMILES string of the molecule is CCCOc1cccc(/C=N\n2c(=S)[nH]nc(C(C)(C)C)c2=O)c1. The average Bonchev–Trinajstić information content (AvgIpc) is 2.52. The van der Waals surface area contributed by atoms with E-state index in [1.54, 1.807) is 6.21 Å². The maximum Gasteiger partial charge on any atom is 0.297 e. The van der Waals surface area contributed by atoms with Crippen molar-refractivity contribution in [2.24, 2.45) is 5.10 Å². The smallest absolute Gasteiger partial charge is 0.297 e. The van der Waals surface area contributed by atoms with Gasteiger partial charge in [0.2, 0.25) is 4.77 Å². The van der Waals surface area contributed by atoms with Crippen LogP contribution < -0.4 is 10.3 Å². The van der Waals surface area contributed by atoms with Crippen molar-refractivity contribution in [2.45, 2.75) is 39.5 Å². The minimum absolute atomic E-state index is 0.155. The summed E-state index contributed by atoms with van der Waals surface area (Å²) in [6.07, 6.45) is 2.52. The highest BCUT2D eigenvalue weighted by Gasteiger charge is 2.21. The third kappa shape index (κ3) is 4.38. The van der Waals surface area contributed by atoms with Gasteiger partial charge in [-0.3, -0.25) is 9.89 Å². The minimum atomic E-state index is -0.401. The fraction of sp³-hybridized carbons (Fsp3) is 0.412. The summed E-state index contributed by atoms with van der Waals surface area (Å²) in [5, 5.41) is 11.0. The van der Waals surface area contributed by atoms with Crippen LogP contribution in [0, 0.1) is 4.77 Å². The van der Waals surface area contributed by atoms with Gasteiger partial charge in [-0.25, -0.2) is 0 Å². The Labute approximate surface area is 146 Å². The molecule has 6 nitrogen and oxygen atoms in total. The molecule has 0 bridgehead atoms. The Kier molecular flexibility index (Phi) is 5.66. The third-order valence-electron chi connectivity index (χ3n) is 3.21. The predicted molar refractivity (Wildman–Crippen MR) is 97.6 cm³/mol. The summed E-state index contributed by atoms with van der Waals surface area (Å²) in [5.74, 6) is 0.767. The molecule has 2 aromatic rings. The molecule has 0 amide bonds. The number of aromatic amines is 1. The molecule has 0 atom stereocenters. The van der Waals surface area contributed by atoms with Gasteiger partial charge in [0.05, 0.1) is 12.8 Å². The second kappa shape index (κ2) is 7.53. The van der Waals surface area contributed by atoms with Crippen LogP contribution in [-0.4, -0.2) is 27.7 Å². The molecule has 1 heterocycles. The van der Waals surface area contributed by atoms with E-state index in [9.17, 15) is 4.79 Å². The van der Waals surface area contributed by atoms with Crippen LogP contribution in [0.1, 0.15) is 45.4 Å². The fourth-order valence-corrected chi connectivity index (χ4v) is 2.19. The number of hydrogen-bond donors (Lipinski definition) is 1. The first-order valence-electron chi connectivity index (χ1n) is 7.82. The van der Waals surface area contributed by atoms with Crippen molar-refractivity contribution in [3.8, 4) is 5.75 Å². The van der Waals surface area contributed by atoms with Gasteiger partial charge in [-0.05, 0) is 36.3 Å². The van der Waals surface area contributed by atoms with E-state index < -0.39 is 5.41 Å². The zero-order valence-corrected chi connectivity index (χ0v) is 15.2. The highest BCUT2D eigenvalue weighted by Crippen LogP contribution is 2.15. The van der Waals surface area contributed by atoms with Gasteiger partial charge < -0.3 is 4.74 Å². The summed E-state index contributed by atoms with van der Waals surface area (Å²) in [5.41, 5.74) is 0.482. The first-order valence-corrected chi connectivity index (χ1v) is 8.23. The van der Waals surface area contributed by atoms with Gasteiger partial charge in [0.15, 0.2) is 0 Å². The highest BCUT2D eigenvalue weighted by molar-refractivity contribution is 7.71. The molecule has 24 heavy (non-hydrogen) atoms. The topological polar surface area (TPSA) is 72.3 Å². The molecule has 0 aliphatic heterocycles. The molecule has 7 heteroatoms. The van der Waals surface area contributed by atoms with Crippen molar-refractivity contribution in [3.05, 3.63) is 50.6 Å². The minimum Gasteiger partial charge on any atom is -0.494 e. The lowest BCUT2D eigenvalue weighted by atomic mass is 9.93. The van der Waals surface area contributed by atoms with Crippen LogP contribution in [0.25, 0.3) is 0 Å². The molecule has 128 valence electrons. The van der Waals surface area contributed by atoms with Gasteiger partial charge in [0.1, 0.15) is 11.4 Å². The highest BCUT2D eigenvalue weighted by atomic mass is 32.1. The Hall–Kier alpha value is -2.28. The van der Waals surface area contributed by atoms with Crippen LogP contribution in [0.2, 0.25) is 0 Å². The molecular formula is C17H22N4O2S. The van der Waals surface area contributed by atoms with Crippen molar-refractivity contribution in [3.63, 3.8) is 0 Å². The van der Waals surface area contributed by atoms with E-state index in [4.69, 9.17) is 17.0 Å². The van der Waals surface area contributed by atoms with Crippen molar-refractivity contribution in [2.75, 3.05) is 6.61 Å². The van der Waals surface area contributed by atoms with E-state index in [0.717, 1.165) is 22.4 Å². The molecule has 1 N–H and O–H groups in total. The van der Waals surface area contributed by atoms with Gasteiger partial charge in [0, 0.05) is 5.41 Å². The second-order valence-corrected chi connectivity index (χ2v) is 6.80. The molecule has 0 spiro atoms. The van der Waals surface area contributed by atoms with Crippen LogP contribution in [0.4, 0.5) is 0 Å². The van der Waals surface area contributed by atoms with E-state index in [1.807, 2.05) is 45.0 Å². The zero-order valence-electron chi connectivity index (χ0n) is 14.4. The molecule has 0 saturated carbocycles. The number of nitrogens with zero attached hydrogens (tertiary/aromatic N) is 3. The molecule has 0 saturated heterocycles. The zero-order chi connectivity index (χ0) is 17.7. The standard InChI is InChI=1S/C17H22N4O2S/c1-5-9-23-13-8-6-7-12(10-13)11-18-21-15(22)14(17(2,3)4)19-20-16(21)24/h6-8,10-11H,5,9H2,1-4H3,(H,20,24)/b18-11-. The first kappa shape index (κ1) is 18.1. The summed E-state index contributed by atoms with van der Waals surface area (Å²) < 4.78 is 6.90. The Morgan fingerprint density at radius 3 is 2.83 bits per heavy atom. The molecular weight excluding hydrogens is 324 g/mol. The van der Waals surface area contributed by atoms with E-state index in [-0.39, 0.29) is 10.3 Å². The molecule has 0 aliphatic carbocycles. The van der Waals surface area contributed by atoms with Crippen molar-refractivity contribution in [1.82, 2.24) is 14.9 Å². The van der Waals surface area contributed by atoms with Gasteiger partial charge in [-0.15, -0.1) is 0 Å². The first-order chi connectivity index (χ1) is 11.3. The fourth-order valence-electron chi connectivity index (χ4n) is 2.01. The number of hydrogen-bond acceptors (Lipinski definition) is 5. The van der Waals surface area contributed by atoms with E-state index in [0.29, 0.717) is 12.3 Å². The van der Waals surface area contributed by atoms with Crippen LogP contribution in [0.5, 0.6) is 5.75 Å². The van der Waals surface area contributed by atoms with Crippen molar-refractivity contribution in [1.29, 1.82) is 0 Å². The van der Waals surface area contributed by atoms with Crippen LogP contribution in [0.15, 0.2) is 34.2 Å². The van der Waals surface area contributed by atoms with Crippen LogP contribution >= 0.6 is 12.2 Å². The van der Waals surface area contributed by atoms with Gasteiger partial charge in [-0.1, -0.05) is 39.8 Å². The predicted octanol–water partition coefficient (Wildman–Crippen LogP) is 3.27. The summed E-state index contributed by atoms with van der Waals surface area (Å²) in [4.78, 5) is 12.5. The van der Waals surface area contributed by atoms with Crippen LogP contribution in [0.3, 0.4) is 0 Å². The van der Waals surface area contributed by atoms with Crippen molar-refractivity contribution >= 4 is 18.4 Å². The average molecular weight is 346 g/mol. The summed E-state index contributed by atoms with van der Waals surface area (Å²) >= 11 is 5.13. The normalized spacial score (nSPS) is 11.8. The molecule has 1 aromatic heterocycles. The Balaban J connectivity index is 2.36. The Morgan fingerprint density at radius 2 is 2.17 bits per heavy atom. The molecule has 0 fully saturated rings. The molecule has 1 aromatic carbocycles. The Bertz CT molecular complexity index is 847. The largest absolute Gasteiger partial charge is 0.494 e. The molecule has 0 unspecified atom stereocenters. The lowest BCUT2D eigenvalue weighted by molar-refractivity contribution is 0.317. The third-order valence-corrected chi connectivity index (χ3v) is 3.48. The second-order valence-electron chi connectivity index (χ2n) is 6.41. The summed E-state index contributed by atoms with van der Waals surface area (Å²) in [6.45, 7) is 8.45. The number of nitrogens with one attached hydrogen (secondary N) is 1. The van der Waals surface area contributed by atoms with Gasteiger partial charge in [-0.2, -0.15) is 14.9 Å². The lowest BCUT2D eigenvalue weighted by Crippen LogP contribution is -2.32. The van der Waals surface area contributed by atoms with Crippen LogP contribution in [-0.2, 0) is 5.41 Å². The molecule has 2 rings (SSSR count). The number of ether oxygens (including phenoxy) is 1. The van der Waals surface area contributed by atoms with Gasteiger partial charge >= 0.3 is 0 Å². The van der Waals surface area contributed by atoms with E-state index in [2.05, 4.69) is 22.2 Å². The molecule has 0 radical (unpaired) electrons. The lowest BCUT2D eigenvalue weighted by Gasteiger charge is -2.16. The summed E-state index contributed by atoms with van der Waals surface area (Å²) in [7, 11) is 0. The number of rotatable bonds is 5. The molecule has 0 aliphatic rings. The quantitative estimate of drug-likeness (QED) is 0.666. The Morgan fingerprint density at radius 1 is 1.42 bits per heavy atom. The van der Waals surface area contributed by atoms with E-state index >= 15 is 0 Å². The number of H-pyrrole nitrogens is 1.